The van der Waals surface area contributed by atoms with Crippen molar-refractivity contribution in [1.29, 1.82) is 0 Å². The van der Waals surface area contributed by atoms with E-state index in [-0.39, 0.29) is 11.2 Å². The van der Waals surface area contributed by atoms with Gasteiger partial charge < -0.3 is 4.74 Å². The van der Waals surface area contributed by atoms with Crippen LogP contribution < -0.4 is 0 Å². The van der Waals surface area contributed by atoms with Gasteiger partial charge in [-0.25, -0.2) is 4.98 Å². The Labute approximate surface area is 110 Å². The van der Waals surface area contributed by atoms with E-state index >= 15 is 0 Å². The Balaban J connectivity index is 2.24. The maximum absolute atomic E-state index is 11.8. The number of methoxy groups -OCH3 is 1. The standard InChI is InChI=1S/C14H13NO2S/c1-17-14(16)13(11-7-3-2-4-8-11)18-12-9-5-6-10-15-12/h2-10,13H,1H3. The van der Waals surface area contributed by atoms with Gasteiger partial charge in [-0.15, -0.1) is 0 Å². The first-order valence-electron chi connectivity index (χ1n) is 5.51. The number of esters is 1. The van der Waals surface area contributed by atoms with Gasteiger partial charge in [0.1, 0.15) is 5.25 Å². The highest BCUT2D eigenvalue weighted by atomic mass is 32.2. The molecule has 0 fully saturated rings. The molecule has 0 aliphatic rings. The molecule has 1 heterocycles. The smallest absolute Gasteiger partial charge is 0.323 e. The zero-order chi connectivity index (χ0) is 12.8. The average molecular weight is 259 g/mol. The lowest BCUT2D eigenvalue weighted by Gasteiger charge is -2.13. The Hall–Kier alpha value is -1.81. The monoisotopic (exact) mass is 259 g/mol. The molecule has 1 atom stereocenters. The Bertz CT molecular complexity index is 502. The highest BCUT2D eigenvalue weighted by molar-refractivity contribution is 8.00. The van der Waals surface area contributed by atoms with E-state index in [9.17, 15) is 4.79 Å². The van der Waals surface area contributed by atoms with Gasteiger partial charge in [0.15, 0.2) is 0 Å². The van der Waals surface area contributed by atoms with Crippen molar-refractivity contribution in [3.05, 3.63) is 60.3 Å². The van der Waals surface area contributed by atoms with Gasteiger partial charge in [-0.1, -0.05) is 48.2 Å². The summed E-state index contributed by atoms with van der Waals surface area (Å²) in [6, 6.07) is 15.2. The summed E-state index contributed by atoms with van der Waals surface area (Å²) in [6.45, 7) is 0. The summed E-state index contributed by atoms with van der Waals surface area (Å²) in [4.78, 5) is 16.1. The molecular weight excluding hydrogens is 246 g/mol. The maximum Gasteiger partial charge on any atom is 0.323 e. The van der Waals surface area contributed by atoms with Gasteiger partial charge in [0.05, 0.1) is 12.1 Å². The van der Waals surface area contributed by atoms with Crippen molar-refractivity contribution in [3.63, 3.8) is 0 Å². The highest BCUT2D eigenvalue weighted by Gasteiger charge is 2.22. The van der Waals surface area contributed by atoms with Gasteiger partial charge in [0.2, 0.25) is 0 Å². The van der Waals surface area contributed by atoms with Crippen molar-refractivity contribution < 1.29 is 9.53 Å². The number of carbonyl (C=O) groups is 1. The van der Waals surface area contributed by atoms with E-state index in [1.54, 1.807) is 6.20 Å². The molecule has 0 aliphatic carbocycles. The van der Waals surface area contributed by atoms with E-state index < -0.39 is 0 Å². The Morgan fingerprint density at radius 2 is 1.89 bits per heavy atom. The molecule has 1 unspecified atom stereocenters. The summed E-state index contributed by atoms with van der Waals surface area (Å²) in [7, 11) is 1.40. The van der Waals surface area contributed by atoms with Crippen LogP contribution in [0.4, 0.5) is 0 Å². The van der Waals surface area contributed by atoms with Gasteiger partial charge in [0.25, 0.3) is 0 Å². The van der Waals surface area contributed by atoms with E-state index in [0.29, 0.717) is 0 Å². The number of rotatable bonds is 4. The number of benzene rings is 1. The fraction of sp³-hybridized carbons (Fsp3) is 0.143. The molecule has 1 aromatic carbocycles. The second-order valence-electron chi connectivity index (χ2n) is 3.60. The highest BCUT2D eigenvalue weighted by Crippen LogP contribution is 2.34. The maximum atomic E-state index is 11.8. The normalized spacial score (nSPS) is 11.8. The minimum atomic E-state index is -0.383. The number of aromatic nitrogens is 1. The SMILES string of the molecule is COC(=O)C(Sc1ccccn1)c1ccccc1. The molecule has 0 saturated carbocycles. The predicted octanol–water partition coefficient (Wildman–Crippen LogP) is 3.09. The number of hydrogen-bond donors (Lipinski definition) is 0. The largest absolute Gasteiger partial charge is 0.468 e. The lowest BCUT2D eigenvalue weighted by atomic mass is 10.1. The van der Waals surface area contributed by atoms with Crippen LogP contribution in [-0.4, -0.2) is 18.1 Å². The van der Waals surface area contributed by atoms with E-state index in [4.69, 9.17) is 4.74 Å². The minimum Gasteiger partial charge on any atom is -0.468 e. The molecule has 18 heavy (non-hydrogen) atoms. The minimum absolute atomic E-state index is 0.267. The summed E-state index contributed by atoms with van der Waals surface area (Å²) in [5.41, 5.74) is 0.917. The van der Waals surface area contributed by atoms with Crippen LogP contribution in [0, 0.1) is 0 Å². The fourth-order valence-electron chi connectivity index (χ4n) is 1.52. The second kappa shape index (κ2) is 6.21. The van der Waals surface area contributed by atoms with Crippen LogP contribution in [0.5, 0.6) is 0 Å². The van der Waals surface area contributed by atoms with E-state index in [0.717, 1.165) is 10.6 Å². The van der Waals surface area contributed by atoms with Crippen LogP contribution in [0.2, 0.25) is 0 Å². The van der Waals surface area contributed by atoms with Gasteiger partial charge in [-0.3, -0.25) is 4.79 Å². The quantitative estimate of drug-likeness (QED) is 0.625. The summed E-state index contributed by atoms with van der Waals surface area (Å²) >= 11 is 1.39. The summed E-state index contributed by atoms with van der Waals surface area (Å²) < 4.78 is 4.85. The van der Waals surface area contributed by atoms with Gasteiger partial charge >= 0.3 is 5.97 Å². The molecular formula is C14H13NO2S. The molecule has 0 spiro atoms. The van der Waals surface area contributed by atoms with Crippen molar-refractivity contribution in [1.82, 2.24) is 4.98 Å². The molecule has 3 nitrogen and oxygen atoms in total. The van der Waals surface area contributed by atoms with Crippen molar-refractivity contribution >= 4 is 17.7 Å². The first kappa shape index (κ1) is 12.6. The fourth-order valence-corrected chi connectivity index (χ4v) is 2.53. The number of pyridine rings is 1. The third kappa shape index (κ3) is 3.11. The van der Waals surface area contributed by atoms with Crippen LogP contribution in [0.15, 0.2) is 59.8 Å². The summed E-state index contributed by atoms with van der Waals surface area (Å²) in [5.74, 6) is -0.267. The van der Waals surface area contributed by atoms with Gasteiger partial charge in [-0.2, -0.15) is 0 Å². The topological polar surface area (TPSA) is 39.2 Å². The molecule has 2 aromatic rings. The molecule has 0 saturated heterocycles. The third-order valence-corrected chi connectivity index (χ3v) is 3.58. The van der Waals surface area contributed by atoms with E-state index in [1.807, 2.05) is 48.5 Å². The van der Waals surface area contributed by atoms with Crippen LogP contribution in [0.25, 0.3) is 0 Å². The number of thioether (sulfide) groups is 1. The van der Waals surface area contributed by atoms with Crippen LogP contribution in [-0.2, 0) is 9.53 Å². The Morgan fingerprint density at radius 3 is 2.50 bits per heavy atom. The van der Waals surface area contributed by atoms with Crippen LogP contribution >= 0.6 is 11.8 Å². The lowest BCUT2D eigenvalue weighted by Crippen LogP contribution is -2.11. The lowest BCUT2D eigenvalue weighted by molar-refractivity contribution is -0.140. The molecule has 0 N–H and O–H groups in total. The van der Waals surface area contributed by atoms with Gasteiger partial charge in [0, 0.05) is 6.20 Å². The number of nitrogens with zero attached hydrogens (tertiary/aromatic N) is 1. The molecule has 4 heteroatoms. The Morgan fingerprint density at radius 1 is 1.17 bits per heavy atom. The molecule has 0 aliphatic heterocycles. The Kier molecular flexibility index (Phi) is 4.36. The third-order valence-electron chi connectivity index (χ3n) is 2.39. The van der Waals surface area contributed by atoms with Crippen molar-refractivity contribution in [2.45, 2.75) is 10.3 Å². The van der Waals surface area contributed by atoms with Crippen molar-refractivity contribution in [2.75, 3.05) is 7.11 Å². The molecule has 0 bridgehead atoms. The van der Waals surface area contributed by atoms with Crippen molar-refractivity contribution in [3.8, 4) is 0 Å². The first-order valence-corrected chi connectivity index (χ1v) is 6.39. The zero-order valence-electron chi connectivity index (χ0n) is 9.95. The zero-order valence-corrected chi connectivity index (χ0v) is 10.8. The molecule has 0 amide bonds. The van der Waals surface area contributed by atoms with Crippen molar-refractivity contribution in [2.24, 2.45) is 0 Å². The predicted molar refractivity (Wildman–Crippen MR) is 71.3 cm³/mol. The number of hydrogen-bond acceptors (Lipinski definition) is 4. The molecule has 2 rings (SSSR count). The average Bonchev–Trinajstić information content (AvgIpc) is 2.46. The summed E-state index contributed by atoms with van der Waals surface area (Å²) in [6.07, 6.45) is 1.71. The number of ether oxygens (including phenoxy) is 1. The van der Waals surface area contributed by atoms with E-state index in [1.165, 1.54) is 18.9 Å². The van der Waals surface area contributed by atoms with Gasteiger partial charge in [-0.05, 0) is 17.7 Å². The molecule has 0 radical (unpaired) electrons. The number of carbonyl (C=O) groups excluding carboxylic acids is 1. The molecule has 92 valence electrons. The summed E-state index contributed by atoms with van der Waals surface area (Å²) in [5, 5.41) is 0.419. The first-order chi connectivity index (χ1) is 8.81. The molecule has 1 aromatic heterocycles. The van der Waals surface area contributed by atoms with E-state index in [2.05, 4.69) is 4.98 Å². The van der Waals surface area contributed by atoms with Crippen LogP contribution in [0.1, 0.15) is 10.8 Å². The van der Waals surface area contributed by atoms with Crippen LogP contribution in [0.3, 0.4) is 0 Å². The second-order valence-corrected chi connectivity index (χ2v) is 4.73.